The Kier molecular flexibility index (Phi) is 7.20. The van der Waals surface area contributed by atoms with Gasteiger partial charge in [-0.25, -0.2) is 0 Å². The van der Waals surface area contributed by atoms with Gasteiger partial charge in [0.2, 0.25) is 5.91 Å². The molecule has 0 aliphatic carbocycles. The molecule has 1 saturated heterocycles. The highest BCUT2D eigenvalue weighted by Gasteiger charge is 2.34. The monoisotopic (exact) mass is 383 g/mol. The zero-order valence-corrected chi connectivity index (χ0v) is 16.1. The number of nitrogens with one attached hydrogen (secondary N) is 1. The number of likely N-dealkylation sites (tertiary alicyclic amines) is 1. The summed E-state index contributed by atoms with van der Waals surface area (Å²) in [6.07, 6.45) is 9.49. The van der Waals surface area contributed by atoms with Gasteiger partial charge in [-0.05, 0) is 36.5 Å². The van der Waals surface area contributed by atoms with Crippen molar-refractivity contribution in [3.63, 3.8) is 0 Å². The van der Waals surface area contributed by atoms with Gasteiger partial charge in [-0.15, -0.1) is 0 Å². The predicted molar refractivity (Wildman–Crippen MR) is 108 cm³/mol. The van der Waals surface area contributed by atoms with Gasteiger partial charge in [-0.3, -0.25) is 24.4 Å². The standard InChI is InChI=1S/C20H25N5O3/c1-13-6-7-17(14(2)5-4-8-22-3)25(12-13)20(28)19(27)24-16-9-15(18(21)26)10-23-11-16/h4-5,8-11,13,17H,2,6-7,12H2,1,3H3,(H2,21,26)(H,24,27)/b5-4-,22-8-/t13-,17-/m0/s1. The third-order valence-corrected chi connectivity index (χ3v) is 4.53. The number of amides is 3. The number of rotatable bonds is 5. The van der Waals surface area contributed by atoms with E-state index in [4.69, 9.17) is 5.73 Å². The van der Waals surface area contributed by atoms with Crippen molar-refractivity contribution < 1.29 is 14.4 Å². The van der Waals surface area contributed by atoms with Crippen LogP contribution in [0.5, 0.6) is 0 Å². The van der Waals surface area contributed by atoms with Crippen LogP contribution >= 0.6 is 0 Å². The Morgan fingerprint density at radius 3 is 2.79 bits per heavy atom. The van der Waals surface area contributed by atoms with E-state index in [9.17, 15) is 14.4 Å². The van der Waals surface area contributed by atoms with Crippen LogP contribution in [0.1, 0.15) is 30.1 Å². The maximum atomic E-state index is 12.8. The highest BCUT2D eigenvalue weighted by atomic mass is 16.2. The third kappa shape index (κ3) is 5.35. The van der Waals surface area contributed by atoms with Gasteiger partial charge in [0.1, 0.15) is 0 Å². The van der Waals surface area contributed by atoms with E-state index < -0.39 is 17.7 Å². The number of nitrogens with zero attached hydrogens (tertiary/aromatic N) is 3. The minimum atomic E-state index is -0.797. The van der Waals surface area contributed by atoms with Crippen LogP contribution in [0.2, 0.25) is 0 Å². The predicted octanol–water partition coefficient (Wildman–Crippen LogP) is 1.56. The maximum Gasteiger partial charge on any atom is 0.313 e. The number of nitrogens with two attached hydrogens (primary N) is 1. The lowest BCUT2D eigenvalue weighted by Gasteiger charge is -2.38. The van der Waals surface area contributed by atoms with Crippen LogP contribution in [0, 0.1) is 5.92 Å². The van der Waals surface area contributed by atoms with Gasteiger partial charge in [-0.2, -0.15) is 0 Å². The topological polar surface area (TPSA) is 118 Å². The molecule has 2 rings (SSSR count). The molecule has 148 valence electrons. The van der Waals surface area contributed by atoms with Gasteiger partial charge in [0.05, 0.1) is 23.5 Å². The summed E-state index contributed by atoms with van der Waals surface area (Å²) in [4.78, 5) is 45.9. The Morgan fingerprint density at radius 1 is 1.36 bits per heavy atom. The number of hydrogen-bond donors (Lipinski definition) is 2. The van der Waals surface area contributed by atoms with E-state index in [0.29, 0.717) is 6.54 Å². The van der Waals surface area contributed by atoms with Crippen molar-refractivity contribution in [3.8, 4) is 0 Å². The van der Waals surface area contributed by atoms with Gasteiger partial charge in [0.25, 0.3) is 0 Å². The van der Waals surface area contributed by atoms with Gasteiger partial charge in [-0.1, -0.05) is 19.6 Å². The second-order valence-electron chi connectivity index (χ2n) is 6.78. The summed E-state index contributed by atoms with van der Waals surface area (Å²) < 4.78 is 0. The molecule has 1 aromatic heterocycles. The molecular formula is C20H25N5O3. The smallest absolute Gasteiger partial charge is 0.313 e. The normalized spacial score (nSPS) is 19.7. The lowest BCUT2D eigenvalue weighted by Crippen LogP contribution is -2.50. The molecule has 0 radical (unpaired) electrons. The average molecular weight is 383 g/mol. The maximum absolute atomic E-state index is 12.8. The molecule has 0 aromatic carbocycles. The van der Waals surface area contributed by atoms with Gasteiger partial charge in [0, 0.05) is 26.0 Å². The summed E-state index contributed by atoms with van der Waals surface area (Å²) in [5.41, 5.74) is 6.33. The van der Waals surface area contributed by atoms with Crippen LogP contribution in [-0.2, 0) is 9.59 Å². The fraction of sp³-hybridized carbons (Fsp3) is 0.350. The Morgan fingerprint density at radius 2 is 2.11 bits per heavy atom. The molecular weight excluding hydrogens is 358 g/mol. The van der Waals surface area contributed by atoms with Crippen molar-refractivity contribution in [2.75, 3.05) is 18.9 Å². The number of pyridine rings is 1. The molecule has 8 nitrogen and oxygen atoms in total. The van der Waals surface area contributed by atoms with E-state index in [0.717, 1.165) is 18.4 Å². The van der Waals surface area contributed by atoms with Crippen LogP contribution in [0.4, 0.5) is 5.69 Å². The SMILES string of the molecule is C=C(/C=C\C=N/C)[C@@H]1CC[C@H](C)CN1C(=O)C(=O)Nc1cncc(C(N)=O)c1. The van der Waals surface area contributed by atoms with E-state index >= 15 is 0 Å². The molecule has 28 heavy (non-hydrogen) atoms. The number of hydrogen-bond acceptors (Lipinski definition) is 5. The minimum Gasteiger partial charge on any atom is -0.366 e. The van der Waals surface area contributed by atoms with Crippen LogP contribution in [-0.4, -0.2) is 53.5 Å². The van der Waals surface area contributed by atoms with Gasteiger partial charge >= 0.3 is 11.8 Å². The molecule has 1 fully saturated rings. The van der Waals surface area contributed by atoms with Crippen LogP contribution in [0.15, 0.2) is 47.8 Å². The minimum absolute atomic E-state index is 0.144. The first-order valence-electron chi connectivity index (χ1n) is 8.98. The third-order valence-electron chi connectivity index (χ3n) is 4.53. The van der Waals surface area contributed by atoms with Crippen LogP contribution in [0.3, 0.4) is 0 Å². The number of carbonyl (C=O) groups is 3. The lowest BCUT2D eigenvalue weighted by atomic mass is 9.90. The summed E-state index contributed by atoms with van der Waals surface area (Å²) in [5, 5.41) is 2.49. The van der Waals surface area contributed by atoms with E-state index in [1.807, 2.05) is 6.92 Å². The summed E-state index contributed by atoms with van der Waals surface area (Å²) in [7, 11) is 1.66. The highest BCUT2D eigenvalue weighted by molar-refractivity contribution is 6.39. The Balaban J connectivity index is 2.15. The first kappa shape index (κ1) is 21.0. The summed E-state index contributed by atoms with van der Waals surface area (Å²) >= 11 is 0. The lowest BCUT2D eigenvalue weighted by molar-refractivity contribution is -0.145. The molecule has 0 spiro atoms. The fourth-order valence-electron chi connectivity index (χ4n) is 3.08. The largest absolute Gasteiger partial charge is 0.366 e. The molecule has 0 saturated carbocycles. The Hall–Kier alpha value is -3.29. The first-order valence-corrected chi connectivity index (χ1v) is 8.98. The Labute approximate surface area is 164 Å². The number of piperidine rings is 1. The molecule has 1 aliphatic rings. The average Bonchev–Trinajstić information content (AvgIpc) is 2.67. The quantitative estimate of drug-likeness (QED) is 0.456. The van der Waals surface area contributed by atoms with Crippen molar-refractivity contribution in [3.05, 3.63) is 48.3 Å². The van der Waals surface area contributed by atoms with E-state index in [2.05, 4.69) is 21.9 Å². The van der Waals surface area contributed by atoms with Crippen molar-refractivity contribution >= 4 is 29.6 Å². The molecule has 8 heteroatoms. The van der Waals surface area contributed by atoms with Gasteiger partial charge < -0.3 is 16.0 Å². The van der Waals surface area contributed by atoms with Crippen LogP contribution in [0.25, 0.3) is 0 Å². The number of allylic oxidation sites excluding steroid dienone is 1. The summed E-state index contributed by atoms with van der Waals surface area (Å²) in [6.45, 7) is 6.55. The number of carbonyl (C=O) groups excluding carboxylic acids is 3. The molecule has 3 amide bonds. The second-order valence-corrected chi connectivity index (χ2v) is 6.78. The van der Waals surface area contributed by atoms with Crippen molar-refractivity contribution in [2.45, 2.75) is 25.8 Å². The molecule has 2 heterocycles. The molecule has 2 atom stereocenters. The van der Waals surface area contributed by atoms with E-state index in [-0.39, 0.29) is 23.2 Å². The number of aromatic nitrogens is 1. The van der Waals surface area contributed by atoms with Crippen molar-refractivity contribution in [2.24, 2.45) is 16.6 Å². The highest BCUT2D eigenvalue weighted by Crippen LogP contribution is 2.26. The zero-order chi connectivity index (χ0) is 20.7. The first-order chi connectivity index (χ1) is 13.3. The molecule has 1 aromatic rings. The molecule has 3 N–H and O–H groups in total. The Bertz CT molecular complexity index is 831. The van der Waals surface area contributed by atoms with E-state index in [1.54, 1.807) is 30.3 Å². The number of primary amides is 1. The van der Waals surface area contributed by atoms with Crippen molar-refractivity contribution in [1.82, 2.24) is 9.88 Å². The summed E-state index contributed by atoms with van der Waals surface area (Å²) in [5.74, 6) is -1.84. The summed E-state index contributed by atoms with van der Waals surface area (Å²) in [6, 6.07) is 1.12. The van der Waals surface area contributed by atoms with Crippen LogP contribution < -0.4 is 11.1 Å². The fourth-order valence-corrected chi connectivity index (χ4v) is 3.08. The molecule has 1 aliphatic heterocycles. The van der Waals surface area contributed by atoms with E-state index in [1.165, 1.54) is 18.5 Å². The molecule has 0 bridgehead atoms. The second kappa shape index (κ2) is 9.59. The number of aliphatic imine (C=N–C) groups is 1. The zero-order valence-electron chi connectivity index (χ0n) is 16.1. The molecule has 0 unspecified atom stereocenters. The van der Waals surface area contributed by atoms with Gasteiger partial charge in [0.15, 0.2) is 0 Å². The number of anilines is 1. The van der Waals surface area contributed by atoms with Crippen molar-refractivity contribution in [1.29, 1.82) is 0 Å².